The van der Waals surface area contributed by atoms with Crippen molar-refractivity contribution in [1.29, 1.82) is 0 Å². The van der Waals surface area contributed by atoms with E-state index in [2.05, 4.69) is 197 Å². The number of hydrogen-bond acceptors (Lipinski definition) is 4. The van der Waals surface area contributed by atoms with E-state index < -0.39 is 0 Å². The van der Waals surface area contributed by atoms with E-state index in [1.807, 2.05) is 0 Å². The Kier molecular flexibility index (Phi) is 7.03. The van der Waals surface area contributed by atoms with Crippen LogP contribution in [0.4, 0.5) is 0 Å². The standard InChI is InChI=1S/C51H31N5S/c1-3-13-32(14-4-1)34-23-26-39-40-27-24-35(33-15-5-2-6-16-33)30-46(40)56(45(39)29-34)51-53-49(36-25-28-42-41-19-9-12-22-47(41)57-48(42)31-36)52-50(54-51)55-43-20-10-7-17-37(43)38-18-8-11-21-44(38)55/h1-31H. The Balaban J connectivity index is 1.19. The normalized spacial score (nSPS) is 11.9. The van der Waals surface area contributed by atoms with Crippen LogP contribution in [0.15, 0.2) is 188 Å². The summed E-state index contributed by atoms with van der Waals surface area (Å²) in [5, 5.41) is 7.08. The van der Waals surface area contributed by atoms with Gasteiger partial charge in [0.25, 0.3) is 0 Å². The lowest BCUT2D eigenvalue weighted by Crippen LogP contribution is -2.10. The first-order valence-corrected chi connectivity index (χ1v) is 19.9. The summed E-state index contributed by atoms with van der Waals surface area (Å²) in [7, 11) is 0. The summed E-state index contributed by atoms with van der Waals surface area (Å²) in [6, 6.07) is 66.8. The maximum absolute atomic E-state index is 5.45. The SMILES string of the molecule is c1ccc(-c2ccc3c4ccc(-c5ccccc5)cc4n(-c4nc(-c5ccc6c(c5)sc5ccccc56)nc(-n5c6ccccc6c6ccccc65)n4)c3c2)cc1. The summed E-state index contributed by atoms with van der Waals surface area (Å²) in [5.74, 6) is 1.74. The maximum Gasteiger partial charge on any atom is 0.240 e. The van der Waals surface area contributed by atoms with E-state index in [1.54, 1.807) is 11.3 Å². The summed E-state index contributed by atoms with van der Waals surface area (Å²) in [5.41, 5.74) is 9.65. The maximum atomic E-state index is 5.45. The van der Waals surface area contributed by atoms with E-state index in [0.717, 1.165) is 71.4 Å². The van der Waals surface area contributed by atoms with Gasteiger partial charge in [0.05, 0.1) is 22.1 Å². The summed E-state index contributed by atoms with van der Waals surface area (Å²) in [6.07, 6.45) is 0. The first kappa shape index (κ1) is 31.9. The Bertz CT molecular complexity index is 3370. The zero-order valence-electron chi connectivity index (χ0n) is 30.5. The molecule has 0 amide bonds. The molecule has 6 heteroatoms. The zero-order valence-corrected chi connectivity index (χ0v) is 31.4. The van der Waals surface area contributed by atoms with Gasteiger partial charge in [0.1, 0.15) is 0 Å². The molecule has 0 aliphatic rings. The quantitative estimate of drug-likeness (QED) is 0.176. The molecule has 12 aromatic rings. The van der Waals surface area contributed by atoms with Crippen LogP contribution in [-0.2, 0) is 0 Å². The van der Waals surface area contributed by atoms with E-state index >= 15 is 0 Å². The number of para-hydroxylation sites is 2. The molecule has 4 heterocycles. The molecule has 0 aliphatic heterocycles. The van der Waals surface area contributed by atoms with Gasteiger partial charge in [-0.25, -0.2) is 0 Å². The van der Waals surface area contributed by atoms with Gasteiger partial charge in [-0.3, -0.25) is 9.13 Å². The molecule has 0 spiro atoms. The molecular weight excluding hydrogens is 715 g/mol. The van der Waals surface area contributed by atoms with Crippen LogP contribution in [0.3, 0.4) is 0 Å². The lowest BCUT2D eigenvalue weighted by Gasteiger charge is -2.13. The molecule has 12 rings (SSSR count). The fourth-order valence-corrected chi connectivity index (χ4v) is 9.69. The lowest BCUT2D eigenvalue weighted by atomic mass is 10.0. The monoisotopic (exact) mass is 745 g/mol. The summed E-state index contributed by atoms with van der Waals surface area (Å²) in [6.45, 7) is 0. The number of hydrogen-bond donors (Lipinski definition) is 0. The van der Waals surface area contributed by atoms with Crippen molar-refractivity contribution in [3.05, 3.63) is 188 Å². The van der Waals surface area contributed by atoms with Gasteiger partial charge in [0.2, 0.25) is 11.9 Å². The smallest absolute Gasteiger partial charge is 0.240 e. The molecule has 0 saturated carbocycles. The third kappa shape index (κ3) is 5.04. The topological polar surface area (TPSA) is 48.5 Å². The van der Waals surface area contributed by atoms with Crippen molar-refractivity contribution >= 4 is 75.1 Å². The number of fused-ring (bicyclic) bond motifs is 9. The van der Waals surface area contributed by atoms with Crippen molar-refractivity contribution in [2.24, 2.45) is 0 Å². The van der Waals surface area contributed by atoms with Crippen molar-refractivity contribution in [3.8, 4) is 45.5 Å². The first-order valence-electron chi connectivity index (χ1n) is 19.1. The molecule has 0 atom stereocenters. The number of benzene rings is 8. The van der Waals surface area contributed by atoms with E-state index in [4.69, 9.17) is 15.0 Å². The van der Waals surface area contributed by atoms with Crippen LogP contribution < -0.4 is 0 Å². The zero-order chi connectivity index (χ0) is 37.5. The molecule has 0 bridgehead atoms. The van der Waals surface area contributed by atoms with Gasteiger partial charge in [-0.15, -0.1) is 11.3 Å². The Morgan fingerprint density at radius 2 is 0.737 bits per heavy atom. The van der Waals surface area contributed by atoms with Crippen molar-refractivity contribution < 1.29 is 0 Å². The van der Waals surface area contributed by atoms with E-state index in [0.29, 0.717) is 17.7 Å². The van der Waals surface area contributed by atoms with E-state index in [9.17, 15) is 0 Å². The van der Waals surface area contributed by atoms with E-state index in [1.165, 1.54) is 20.2 Å². The molecule has 0 fully saturated rings. The first-order chi connectivity index (χ1) is 28.2. The van der Waals surface area contributed by atoms with Crippen LogP contribution in [0.25, 0.3) is 109 Å². The second-order valence-electron chi connectivity index (χ2n) is 14.5. The Hall–Kier alpha value is -7.41. The lowest BCUT2D eigenvalue weighted by molar-refractivity contribution is 0.893. The predicted octanol–water partition coefficient (Wildman–Crippen LogP) is 13.4. The minimum absolute atomic E-state index is 0.559. The number of aromatic nitrogens is 5. The van der Waals surface area contributed by atoms with Crippen LogP contribution >= 0.6 is 11.3 Å². The van der Waals surface area contributed by atoms with Gasteiger partial charge in [-0.05, 0) is 58.7 Å². The van der Waals surface area contributed by atoms with Gasteiger partial charge in [-0.2, -0.15) is 15.0 Å². The van der Waals surface area contributed by atoms with Gasteiger partial charge in [0.15, 0.2) is 5.82 Å². The second kappa shape index (κ2) is 12.6. The fraction of sp³-hybridized carbons (Fsp3) is 0. The van der Waals surface area contributed by atoms with Gasteiger partial charge in [0, 0.05) is 47.3 Å². The Labute approximate surface area is 331 Å². The van der Waals surface area contributed by atoms with Crippen LogP contribution in [-0.4, -0.2) is 24.1 Å². The van der Waals surface area contributed by atoms with Crippen LogP contribution in [0, 0.1) is 0 Å². The third-order valence-corrected chi connectivity index (χ3v) is 12.3. The molecule has 0 N–H and O–H groups in total. The Morgan fingerprint density at radius 3 is 1.33 bits per heavy atom. The molecular formula is C51H31N5S. The van der Waals surface area contributed by atoms with E-state index in [-0.39, 0.29) is 0 Å². The highest BCUT2D eigenvalue weighted by molar-refractivity contribution is 7.25. The molecule has 266 valence electrons. The summed E-state index contributed by atoms with van der Waals surface area (Å²) >= 11 is 1.80. The third-order valence-electron chi connectivity index (χ3n) is 11.2. The summed E-state index contributed by atoms with van der Waals surface area (Å²) in [4.78, 5) is 16.2. The summed E-state index contributed by atoms with van der Waals surface area (Å²) < 4.78 is 6.90. The van der Waals surface area contributed by atoms with Gasteiger partial charge in [-0.1, -0.05) is 152 Å². The van der Waals surface area contributed by atoms with Crippen LogP contribution in [0.1, 0.15) is 0 Å². The van der Waals surface area contributed by atoms with Crippen molar-refractivity contribution in [2.45, 2.75) is 0 Å². The van der Waals surface area contributed by atoms with Crippen molar-refractivity contribution in [2.75, 3.05) is 0 Å². The van der Waals surface area contributed by atoms with Crippen molar-refractivity contribution in [3.63, 3.8) is 0 Å². The van der Waals surface area contributed by atoms with Crippen molar-refractivity contribution in [1.82, 2.24) is 24.1 Å². The molecule has 57 heavy (non-hydrogen) atoms. The predicted molar refractivity (Wildman–Crippen MR) is 238 cm³/mol. The molecule has 4 aromatic heterocycles. The average Bonchev–Trinajstić information content (AvgIpc) is 3.93. The highest BCUT2D eigenvalue weighted by Crippen LogP contribution is 2.39. The number of rotatable bonds is 5. The van der Waals surface area contributed by atoms with Crippen LogP contribution in [0.5, 0.6) is 0 Å². The molecule has 8 aromatic carbocycles. The molecule has 0 saturated heterocycles. The average molecular weight is 746 g/mol. The highest BCUT2D eigenvalue weighted by atomic mass is 32.1. The van der Waals surface area contributed by atoms with Crippen LogP contribution in [0.2, 0.25) is 0 Å². The molecule has 5 nitrogen and oxygen atoms in total. The minimum atomic E-state index is 0.559. The molecule has 0 radical (unpaired) electrons. The Morgan fingerprint density at radius 1 is 0.298 bits per heavy atom. The highest BCUT2D eigenvalue weighted by Gasteiger charge is 2.22. The van der Waals surface area contributed by atoms with Gasteiger partial charge >= 0.3 is 0 Å². The fourth-order valence-electron chi connectivity index (χ4n) is 8.54. The minimum Gasteiger partial charge on any atom is -0.278 e. The number of thiophene rings is 1. The second-order valence-corrected chi connectivity index (χ2v) is 15.6. The molecule has 0 aliphatic carbocycles. The number of nitrogens with zero attached hydrogens (tertiary/aromatic N) is 5. The van der Waals surface area contributed by atoms with Gasteiger partial charge < -0.3 is 0 Å². The largest absolute Gasteiger partial charge is 0.278 e. The molecule has 0 unspecified atom stereocenters.